The lowest BCUT2D eigenvalue weighted by Crippen LogP contribution is -2.50. The van der Waals surface area contributed by atoms with Gasteiger partial charge >= 0.3 is 5.97 Å². The fraction of sp³-hybridized carbons (Fsp3) is 0.294. The van der Waals surface area contributed by atoms with E-state index in [9.17, 15) is 14.7 Å². The molecule has 1 aliphatic rings. The summed E-state index contributed by atoms with van der Waals surface area (Å²) >= 11 is 0. The maximum atomic E-state index is 13.0. The maximum absolute atomic E-state index is 13.0. The highest BCUT2D eigenvalue weighted by molar-refractivity contribution is 6.00. The van der Waals surface area contributed by atoms with Gasteiger partial charge in [-0.05, 0) is 19.9 Å². The maximum Gasteiger partial charge on any atom is 0.328 e. The van der Waals surface area contributed by atoms with Gasteiger partial charge in [-0.2, -0.15) is 0 Å². The number of aryl methyl sites for hydroxylation is 2. The van der Waals surface area contributed by atoms with E-state index in [4.69, 9.17) is 4.42 Å². The number of furan rings is 1. The van der Waals surface area contributed by atoms with Gasteiger partial charge in [-0.25, -0.2) is 4.79 Å². The van der Waals surface area contributed by atoms with E-state index in [0.717, 1.165) is 5.39 Å². The average Bonchev–Trinajstić information content (AvgIpc) is 3.14. The van der Waals surface area contributed by atoms with Crippen LogP contribution in [0.15, 0.2) is 28.7 Å². The Morgan fingerprint density at radius 2 is 2.00 bits per heavy atom. The van der Waals surface area contributed by atoms with E-state index in [0.29, 0.717) is 22.8 Å². The number of aliphatic carboxylic acids is 1. The summed E-state index contributed by atoms with van der Waals surface area (Å²) in [5, 5.41) is 18.4. The Hall–Kier alpha value is -3.16. The second-order valence-corrected chi connectivity index (χ2v) is 6.11. The van der Waals surface area contributed by atoms with Crippen molar-refractivity contribution < 1.29 is 19.1 Å². The van der Waals surface area contributed by atoms with E-state index >= 15 is 0 Å². The van der Waals surface area contributed by atoms with Gasteiger partial charge in [0.25, 0.3) is 5.91 Å². The summed E-state index contributed by atoms with van der Waals surface area (Å²) in [5.41, 5.74) is 1.30. The minimum Gasteiger partial charge on any atom is -0.480 e. The normalized spacial score (nSPS) is 16.9. The van der Waals surface area contributed by atoms with Crippen LogP contribution >= 0.6 is 0 Å². The van der Waals surface area contributed by atoms with Crippen molar-refractivity contribution in [1.29, 1.82) is 0 Å². The number of carboxylic acid groups (broad SMARTS) is 1. The zero-order valence-electron chi connectivity index (χ0n) is 13.8. The molecule has 3 heterocycles. The van der Waals surface area contributed by atoms with E-state index in [-0.39, 0.29) is 18.8 Å². The third-order valence-corrected chi connectivity index (χ3v) is 4.64. The number of nitrogens with zero attached hydrogens (tertiary/aromatic N) is 4. The Bertz CT molecular complexity index is 1000. The van der Waals surface area contributed by atoms with Crippen LogP contribution in [0.25, 0.3) is 11.0 Å². The Morgan fingerprint density at radius 3 is 2.72 bits per heavy atom. The van der Waals surface area contributed by atoms with Gasteiger partial charge < -0.3 is 19.0 Å². The fourth-order valence-corrected chi connectivity index (χ4v) is 3.25. The first-order valence-electron chi connectivity index (χ1n) is 7.88. The molecule has 0 saturated heterocycles. The Morgan fingerprint density at radius 1 is 1.24 bits per heavy atom. The summed E-state index contributed by atoms with van der Waals surface area (Å²) in [5.74, 6) is -0.156. The number of rotatable bonds is 2. The Balaban J connectivity index is 1.77. The minimum absolute atomic E-state index is 0.0765. The number of para-hydroxylation sites is 1. The van der Waals surface area contributed by atoms with Crippen molar-refractivity contribution in [2.75, 3.05) is 0 Å². The summed E-state index contributed by atoms with van der Waals surface area (Å²) < 4.78 is 7.44. The first-order chi connectivity index (χ1) is 12.0. The van der Waals surface area contributed by atoms with Crippen LogP contribution in [0.3, 0.4) is 0 Å². The van der Waals surface area contributed by atoms with E-state index in [1.165, 1.54) is 4.90 Å². The number of amides is 1. The van der Waals surface area contributed by atoms with E-state index < -0.39 is 17.9 Å². The predicted octanol–water partition coefficient (Wildman–Crippen LogP) is 1.75. The molecule has 0 bridgehead atoms. The molecule has 25 heavy (non-hydrogen) atoms. The van der Waals surface area contributed by atoms with Gasteiger partial charge in [0.2, 0.25) is 0 Å². The van der Waals surface area contributed by atoms with E-state index in [1.54, 1.807) is 24.5 Å². The van der Waals surface area contributed by atoms with Gasteiger partial charge in [-0.3, -0.25) is 4.79 Å². The number of aromatic nitrogens is 3. The lowest BCUT2D eigenvalue weighted by Gasteiger charge is -2.33. The molecule has 1 unspecified atom stereocenters. The average molecular weight is 340 g/mol. The highest BCUT2D eigenvalue weighted by Crippen LogP contribution is 2.28. The third kappa shape index (κ3) is 2.29. The molecule has 0 spiro atoms. The lowest BCUT2D eigenvalue weighted by molar-refractivity contribution is -0.143. The monoisotopic (exact) mass is 340 g/mol. The van der Waals surface area contributed by atoms with Gasteiger partial charge in [-0.1, -0.05) is 18.2 Å². The quantitative estimate of drug-likeness (QED) is 0.762. The molecule has 8 nitrogen and oxygen atoms in total. The predicted molar refractivity (Wildman–Crippen MR) is 87.0 cm³/mol. The van der Waals surface area contributed by atoms with Gasteiger partial charge in [0.05, 0.1) is 13.1 Å². The summed E-state index contributed by atoms with van der Waals surface area (Å²) in [6.07, 6.45) is 0. The van der Waals surface area contributed by atoms with Crippen molar-refractivity contribution >= 4 is 22.8 Å². The van der Waals surface area contributed by atoms with Crippen LogP contribution < -0.4 is 0 Å². The highest BCUT2D eigenvalue weighted by atomic mass is 16.4. The molecule has 8 heteroatoms. The molecule has 1 amide bonds. The van der Waals surface area contributed by atoms with Gasteiger partial charge in [0.1, 0.15) is 17.4 Å². The fourth-order valence-electron chi connectivity index (χ4n) is 3.25. The number of fused-ring (bicyclic) bond motifs is 2. The smallest absolute Gasteiger partial charge is 0.328 e. The summed E-state index contributed by atoms with van der Waals surface area (Å²) in [4.78, 5) is 26.0. The number of carbonyl (C=O) groups is 2. The van der Waals surface area contributed by atoms with Crippen LogP contribution in [0.1, 0.15) is 27.8 Å². The minimum atomic E-state index is -1.07. The molecular formula is C17H16N4O4. The first kappa shape index (κ1) is 15.4. The zero-order chi connectivity index (χ0) is 17.7. The summed E-state index contributed by atoms with van der Waals surface area (Å²) in [6.45, 7) is 3.75. The molecule has 1 aromatic carbocycles. The van der Waals surface area contributed by atoms with Crippen LogP contribution in [-0.4, -0.2) is 42.7 Å². The highest BCUT2D eigenvalue weighted by Gasteiger charge is 2.38. The SMILES string of the molecule is Cc1c(C(=O)N2Cc3nnc(C)n3CC2C(=O)O)oc2ccccc12. The topological polar surface area (TPSA) is 101 Å². The third-order valence-electron chi connectivity index (χ3n) is 4.64. The zero-order valence-corrected chi connectivity index (χ0v) is 13.8. The molecular weight excluding hydrogens is 324 g/mol. The van der Waals surface area contributed by atoms with Crippen LogP contribution in [0.5, 0.6) is 0 Å². The summed E-state index contributed by atoms with van der Waals surface area (Å²) in [6, 6.07) is 6.35. The van der Waals surface area contributed by atoms with Crippen LogP contribution in [-0.2, 0) is 17.9 Å². The standard InChI is InChI=1S/C17H16N4O4/c1-9-11-5-3-4-6-13(11)25-15(9)16(22)21-8-14-19-18-10(2)20(14)7-12(21)17(23)24/h3-6,12H,7-8H2,1-2H3,(H,23,24). The van der Waals surface area contributed by atoms with Crippen molar-refractivity contribution in [1.82, 2.24) is 19.7 Å². The molecule has 1 aliphatic heterocycles. The van der Waals surface area contributed by atoms with Crippen molar-refractivity contribution in [3.8, 4) is 0 Å². The van der Waals surface area contributed by atoms with Crippen molar-refractivity contribution in [2.45, 2.75) is 33.0 Å². The van der Waals surface area contributed by atoms with E-state index in [1.807, 2.05) is 18.2 Å². The van der Waals surface area contributed by atoms with Gasteiger partial charge in [0, 0.05) is 10.9 Å². The van der Waals surface area contributed by atoms with Crippen molar-refractivity contribution in [3.05, 3.63) is 47.2 Å². The molecule has 3 aromatic rings. The Kier molecular flexibility index (Phi) is 3.34. The van der Waals surface area contributed by atoms with Crippen LogP contribution in [0.4, 0.5) is 0 Å². The molecule has 128 valence electrons. The van der Waals surface area contributed by atoms with Crippen molar-refractivity contribution in [3.63, 3.8) is 0 Å². The molecule has 0 saturated carbocycles. The number of benzene rings is 1. The molecule has 1 atom stereocenters. The van der Waals surface area contributed by atoms with E-state index in [2.05, 4.69) is 10.2 Å². The molecule has 1 N–H and O–H groups in total. The summed E-state index contributed by atoms with van der Waals surface area (Å²) in [7, 11) is 0. The Labute approximate surface area is 142 Å². The molecule has 0 radical (unpaired) electrons. The molecule has 0 aliphatic carbocycles. The second kappa shape index (κ2) is 5.44. The molecule has 4 rings (SSSR count). The molecule has 2 aromatic heterocycles. The number of carbonyl (C=O) groups excluding carboxylic acids is 1. The second-order valence-electron chi connectivity index (χ2n) is 6.11. The first-order valence-corrected chi connectivity index (χ1v) is 7.88. The lowest BCUT2D eigenvalue weighted by atomic mass is 10.1. The van der Waals surface area contributed by atoms with Gasteiger partial charge in [-0.15, -0.1) is 10.2 Å². The number of hydrogen-bond donors (Lipinski definition) is 1. The van der Waals surface area contributed by atoms with Crippen LogP contribution in [0.2, 0.25) is 0 Å². The van der Waals surface area contributed by atoms with Crippen molar-refractivity contribution in [2.24, 2.45) is 0 Å². The largest absolute Gasteiger partial charge is 0.480 e. The number of carboxylic acids is 1. The molecule has 0 fully saturated rings. The van der Waals surface area contributed by atoms with Gasteiger partial charge in [0.15, 0.2) is 11.6 Å². The van der Waals surface area contributed by atoms with Crippen LogP contribution in [0, 0.1) is 13.8 Å². The number of hydrogen-bond acceptors (Lipinski definition) is 5.